The fourth-order valence-electron chi connectivity index (χ4n) is 3.58. The Morgan fingerprint density at radius 2 is 2.03 bits per heavy atom. The number of nitrogens with zero attached hydrogens (tertiary/aromatic N) is 3. The molecule has 9 heteroatoms. The van der Waals surface area contributed by atoms with Gasteiger partial charge in [0.15, 0.2) is 0 Å². The Hall–Kier alpha value is -2.53. The van der Waals surface area contributed by atoms with Crippen molar-refractivity contribution >= 4 is 46.5 Å². The van der Waals surface area contributed by atoms with E-state index in [9.17, 15) is 14.0 Å². The summed E-state index contributed by atoms with van der Waals surface area (Å²) in [6, 6.07) is 9.83. The highest BCUT2D eigenvalue weighted by Gasteiger charge is 2.41. The van der Waals surface area contributed by atoms with E-state index in [2.05, 4.69) is 32.5 Å². The number of carbonyl (C=O) groups is 2. The van der Waals surface area contributed by atoms with Gasteiger partial charge in [-0.15, -0.1) is 0 Å². The van der Waals surface area contributed by atoms with Gasteiger partial charge in [0.05, 0.1) is 10.1 Å². The van der Waals surface area contributed by atoms with Gasteiger partial charge in [0.2, 0.25) is 0 Å². The average Bonchev–Trinajstić information content (AvgIpc) is 3.08. The van der Waals surface area contributed by atoms with E-state index in [0.717, 1.165) is 6.08 Å². The summed E-state index contributed by atoms with van der Waals surface area (Å²) in [5.41, 5.74) is 0.520. The van der Waals surface area contributed by atoms with Crippen LogP contribution in [0.2, 0.25) is 0 Å². The molecule has 0 bridgehead atoms. The maximum absolute atomic E-state index is 14.2. The van der Waals surface area contributed by atoms with Crippen molar-refractivity contribution in [1.29, 1.82) is 0 Å². The number of alkyl halides is 1. The van der Waals surface area contributed by atoms with Crippen molar-refractivity contribution in [2.45, 2.75) is 49.4 Å². The number of carboxylic acids is 1. The van der Waals surface area contributed by atoms with Gasteiger partial charge in [-0.2, -0.15) is 0 Å². The topological polar surface area (TPSA) is 83.0 Å². The number of halogens is 2. The molecule has 0 saturated carbocycles. The molecule has 1 fully saturated rings. The summed E-state index contributed by atoms with van der Waals surface area (Å²) in [6.45, 7) is 6.53. The quantitative estimate of drug-likeness (QED) is 0.227. The van der Waals surface area contributed by atoms with E-state index in [0.29, 0.717) is 36.5 Å². The molecule has 2 atom stereocenters. The number of rotatable bonds is 6. The number of carboxylic acid groups (broad SMARTS) is 1. The third-order valence-corrected chi connectivity index (χ3v) is 6.69. The van der Waals surface area contributed by atoms with Crippen LogP contribution in [0.4, 0.5) is 15.0 Å². The molecule has 1 saturated heterocycles. The van der Waals surface area contributed by atoms with E-state index in [1.165, 1.54) is 18.3 Å². The summed E-state index contributed by atoms with van der Waals surface area (Å²) in [4.78, 5) is 32.0. The lowest BCUT2D eigenvalue weighted by molar-refractivity contribution is -0.131. The van der Waals surface area contributed by atoms with Crippen molar-refractivity contribution in [3.8, 4) is 0 Å². The molecule has 0 radical (unpaired) electrons. The highest BCUT2D eigenvalue weighted by atomic mass is 127. The van der Waals surface area contributed by atoms with Gasteiger partial charge in [-0.05, 0) is 57.0 Å². The largest absolute Gasteiger partial charge is 0.478 e. The van der Waals surface area contributed by atoms with Crippen molar-refractivity contribution < 1.29 is 23.8 Å². The molecule has 0 spiro atoms. The van der Waals surface area contributed by atoms with Crippen LogP contribution in [0.25, 0.3) is 6.08 Å². The Balaban J connectivity index is 1.86. The number of pyridine rings is 1. The molecule has 2 heterocycles. The molecule has 33 heavy (non-hydrogen) atoms. The summed E-state index contributed by atoms with van der Waals surface area (Å²) in [5, 5.41) is 8.81. The lowest BCUT2D eigenvalue weighted by atomic mass is 10.2. The summed E-state index contributed by atoms with van der Waals surface area (Å²) in [7, 11) is 0. The fraction of sp³-hybridized carbons (Fsp3) is 0.375. The number of ether oxygens (including phenoxy) is 1. The van der Waals surface area contributed by atoms with Crippen molar-refractivity contribution in [3.05, 3.63) is 65.6 Å². The summed E-state index contributed by atoms with van der Waals surface area (Å²) in [5.74, 6) is -0.889. The molecule has 1 aromatic heterocycles. The van der Waals surface area contributed by atoms with Crippen LogP contribution in [0.15, 0.2) is 48.7 Å². The van der Waals surface area contributed by atoms with Crippen LogP contribution in [0.1, 0.15) is 38.3 Å². The molecule has 1 amide bonds. The number of benzene rings is 1. The zero-order valence-electron chi connectivity index (χ0n) is 18.7. The van der Waals surface area contributed by atoms with Crippen molar-refractivity contribution in [1.82, 2.24) is 9.88 Å². The molecule has 1 aliphatic rings. The second-order valence-electron chi connectivity index (χ2n) is 8.76. The molecule has 1 unspecified atom stereocenters. The fourth-order valence-corrected chi connectivity index (χ4v) is 4.74. The van der Waals surface area contributed by atoms with Crippen molar-refractivity contribution in [2.24, 2.45) is 0 Å². The van der Waals surface area contributed by atoms with E-state index in [1.54, 1.807) is 49.9 Å². The molecule has 176 valence electrons. The molecular formula is C24H27FIN3O4. The predicted molar refractivity (Wildman–Crippen MR) is 133 cm³/mol. The predicted octanol–water partition coefficient (Wildman–Crippen LogP) is 5.10. The van der Waals surface area contributed by atoms with Crippen molar-refractivity contribution in [3.63, 3.8) is 0 Å². The molecular weight excluding hydrogens is 540 g/mol. The SMILES string of the molecule is CC(C)(C)OC(=O)N(c1ccc(C=CC(=O)O)cn1)[C@@H]1CCN(Cc2ccccc2F)C1I. The molecule has 7 nitrogen and oxygen atoms in total. The first-order valence-corrected chi connectivity index (χ1v) is 11.8. The lowest BCUT2D eigenvalue weighted by Gasteiger charge is -2.33. The molecule has 0 aliphatic carbocycles. The Morgan fingerprint density at radius 1 is 1.30 bits per heavy atom. The Kier molecular flexibility index (Phi) is 8.06. The molecule has 3 rings (SSSR count). The van der Waals surface area contributed by atoms with E-state index >= 15 is 0 Å². The maximum Gasteiger partial charge on any atom is 0.416 e. The standard InChI is InChI=1S/C24H27FIN3O4/c1-24(2,3)33-23(32)29(20-10-8-16(14-27-20)9-11-21(30)31)19-12-13-28(22(19)26)15-17-6-4-5-7-18(17)25/h4-11,14,19,22H,12-13,15H2,1-3H3,(H,30,31)/t19-,22?/m1/s1. The molecule has 1 N–H and O–H groups in total. The first-order chi connectivity index (χ1) is 15.5. The normalized spacial score (nSPS) is 19.1. The molecule has 2 aromatic rings. The minimum atomic E-state index is -1.05. The highest BCUT2D eigenvalue weighted by molar-refractivity contribution is 14.1. The number of carbonyl (C=O) groups excluding carboxylic acids is 1. The van der Waals surface area contributed by atoms with Crippen LogP contribution >= 0.6 is 22.6 Å². The first-order valence-electron chi connectivity index (χ1n) is 10.6. The number of hydrogen-bond donors (Lipinski definition) is 1. The number of anilines is 1. The van der Waals surface area contributed by atoms with Gasteiger partial charge >= 0.3 is 12.1 Å². The lowest BCUT2D eigenvalue weighted by Crippen LogP contribution is -2.48. The number of aliphatic carboxylic acids is 1. The zero-order chi connectivity index (χ0) is 24.2. The number of amides is 1. The number of likely N-dealkylation sites (tertiary alicyclic amines) is 1. The average molecular weight is 567 g/mol. The van der Waals surface area contributed by atoms with Gasteiger partial charge in [0.25, 0.3) is 0 Å². The smallest absolute Gasteiger partial charge is 0.416 e. The van der Waals surface area contributed by atoms with Gasteiger partial charge in [-0.1, -0.05) is 40.8 Å². The van der Waals surface area contributed by atoms with E-state index in [-0.39, 0.29) is 15.9 Å². The first kappa shape index (κ1) is 25.1. The molecule has 1 aromatic carbocycles. The van der Waals surface area contributed by atoms with Gasteiger partial charge in [-0.25, -0.2) is 19.0 Å². The highest BCUT2D eigenvalue weighted by Crippen LogP contribution is 2.33. The minimum absolute atomic E-state index is 0.0943. The number of aromatic nitrogens is 1. The molecule has 1 aliphatic heterocycles. The van der Waals surface area contributed by atoms with Gasteiger partial charge in [0, 0.05) is 30.9 Å². The summed E-state index contributed by atoms with van der Waals surface area (Å²) in [6.07, 6.45) is 4.14. The second-order valence-corrected chi connectivity index (χ2v) is 10.0. The van der Waals surface area contributed by atoms with E-state index in [4.69, 9.17) is 9.84 Å². The Bertz CT molecular complexity index is 1020. The Labute approximate surface area is 206 Å². The summed E-state index contributed by atoms with van der Waals surface area (Å²) >= 11 is 2.28. The second kappa shape index (κ2) is 10.6. The van der Waals surface area contributed by atoms with Crippen LogP contribution in [0, 0.1) is 5.82 Å². The van der Waals surface area contributed by atoms with Gasteiger partial charge in [0.1, 0.15) is 17.2 Å². The Morgan fingerprint density at radius 3 is 2.64 bits per heavy atom. The van der Waals surface area contributed by atoms with Crippen LogP contribution < -0.4 is 4.90 Å². The van der Waals surface area contributed by atoms with Crippen molar-refractivity contribution in [2.75, 3.05) is 11.4 Å². The van der Waals surface area contributed by atoms with Crippen LogP contribution in [-0.4, -0.2) is 49.3 Å². The third kappa shape index (κ3) is 6.73. The minimum Gasteiger partial charge on any atom is -0.478 e. The van der Waals surface area contributed by atoms with E-state index < -0.39 is 17.7 Å². The van der Waals surface area contributed by atoms with Crippen LogP contribution in [0.5, 0.6) is 0 Å². The maximum atomic E-state index is 14.2. The number of hydrogen-bond acceptors (Lipinski definition) is 5. The summed E-state index contributed by atoms with van der Waals surface area (Å²) < 4.78 is 19.8. The third-order valence-electron chi connectivity index (χ3n) is 5.07. The zero-order valence-corrected chi connectivity index (χ0v) is 20.9. The van der Waals surface area contributed by atoms with Gasteiger partial charge in [-0.3, -0.25) is 9.80 Å². The van der Waals surface area contributed by atoms with E-state index in [1.807, 2.05) is 6.07 Å². The van der Waals surface area contributed by atoms with Gasteiger partial charge < -0.3 is 9.84 Å². The van der Waals surface area contributed by atoms with Crippen LogP contribution in [-0.2, 0) is 16.1 Å². The monoisotopic (exact) mass is 567 g/mol. The van der Waals surface area contributed by atoms with Crippen LogP contribution in [0.3, 0.4) is 0 Å².